The van der Waals surface area contributed by atoms with E-state index < -0.39 is 12.9 Å². The van der Waals surface area contributed by atoms with Gasteiger partial charge >= 0.3 is 0 Å². The molecule has 3 aromatic heterocycles. The number of aromatic nitrogens is 6. The number of benzene rings is 1. The van der Waals surface area contributed by atoms with E-state index in [1.807, 2.05) is 24.4 Å². The maximum absolute atomic E-state index is 12.9. The number of carbonyl (C=O) groups is 1. The standard InChI is InChI=1S/C24H25N9O3/c1-13-5-6-19-28-18(13)11-36-10-14-7-15(23-26-12-33(3)32-23)22(35-4)17(8-14)27-16-9-20(29-19)30-31-21(16)24(34)25-2/h5-9,12,27H,10-11H2,1-4H3,(H,25,34)(H,28,29,30)/i2D3. The average Bonchev–Trinajstić information content (AvgIpc) is 3.30. The van der Waals surface area contributed by atoms with Gasteiger partial charge in [-0.1, -0.05) is 6.07 Å². The molecule has 1 aliphatic heterocycles. The molecule has 0 spiro atoms. The average molecular weight is 491 g/mol. The first-order valence-electron chi connectivity index (χ1n) is 12.4. The summed E-state index contributed by atoms with van der Waals surface area (Å²) < 4.78 is 35.7. The number of aryl methyl sites for hydroxylation is 2. The van der Waals surface area contributed by atoms with E-state index in [0.29, 0.717) is 28.6 Å². The van der Waals surface area contributed by atoms with Crippen LogP contribution in [0.2, 0.25) is 0 Å². The summed E-state index contributed by atoms with van der Waals surface area (Å²) >= 11 is 0. The van der Waals surface area contributed by atoms with Gasteiger partial charge in [-0.05, 0) is 36.2 Å². The Kier molecular flexibility index (Phi) is 5.24. The molecule has 4 heterocycles. The molecule has 0 saturated carbocycles. The minimum atomic E-state index is -2.72. The quantitative estimate of drug-likeness (QED) is 0.392. The lowest BCUT2D eigenvalue weighted by atomic mass is 10.1. The predicted octanol–water partition coefficient (Wildman–Crippen LogP) is 2.86. The molecule has 1 aliphatic rings. The molecule has 4 aromatic rings. The zero-order valence-corrected chi connectivity index (χ0v) is 19.8. The van der Waals surface area contributed by atoms with Gasteiger partial charge in [0.05, 0.1) is 43.0 Å². The molecule has 12 nitrogen and oxygen atoms in total. The van der Waals surface area contributed by atoms with Crippen molar-refractivity contribution in [3.63, 3.8) is 0 Å². The number of methoxy groups -OCH3 is 1. The van der Waals surface area contributed by atoms with E-state index in [0.717, 1.165) is 16.8 Å². The summed E-state index contributed by atoms with van der Waals surface area (Å²) in [5.74, 6) is 0.647. The summed E-state index contributed by atoms with van der Waals surface area (Å²) in [6, 6.07) is 8.89. The van der Waals surface area contributed by atoms with Crippen molar-refractivity contribution in [1.29, 1.82) is 0 Å². The molecule has 0 radical (unpaired) electrons. The molecular weight excluding hydrogens is 462 g/mol. The Hall–Kier alpha value is -4.58. The Bertz CT molecular complexity index is 1560. The molecule has 1 amide bonds. The number of nitrogens with zero attached hydrogens (tertiary/aromatic N) is 6. The molecule has 12 heteroatoms. The number of amides is 1. The Balaban J connectivity index is 1.68. The van der Waals surface area contributed by atoms with Gasteiger partial charge in [-0.25, -0.2) is 9.97 Å². The molecule has 5 rings (SSSR count). The summed E-state index contributed by atoms with van der Waals surface area (Å²) in [5.41, 5.74) is 3.42. The number of fused-ring (bicyclic) bond motifs is 6. The highest BCUT2D eigenvalue weighted by Gasteiger charge is 2.21. The van der Waals surface area contributed by atoms with Crippen LogP contribution in [0.15, 0.2) is 36.7 Å². The molecule has 0 atom stereocenters. The highest BCUT2D eigenvalue weighted by atomic mass is 16.5. The van der Waals surface area contributed by atoms with Crippen molar-refractivity contribution in [2.45, 2.75) is 20.1 Å². The highest BCUT2D eigenvalue weighted by Crippen LogP contribution is 2.39. The summed E-state index contributed by atoms with van der Waals surface area (Å²) in [6.07, 6.45) is 1.57. The largest absolute Gasteiger partial charge is 0.494 e. The molecule has 0 unspecified atom stereocenters. The van der Waals surface area contributed by atoms with Crippen molar-refractivity contribution in [2.24, 2.45) is 7.05 Å². The van der Waals surface area contributed by atoms with Gasteiger partial charge in [0, 0.05) is 24.2 Å². The van der Waals surface area contributed by atoms with E-state index in [4.69, 9.17) is 13.6 Å². The fourth-order valence-corrected chi connectivity index (χ4v) is 3.82. The maximum Gasteiger partial charge on any atom is 0.273 e. The van der Waals surface area contributed by atoms with E-state index in [1.165, 1.54) is 13.2 Å². The summed E-state index contributed by atoms with van der Waals surface area (Å²) in [7, 11) is 3.26. The summed E-state index contributed by atoms with van der Waals surface area (Å²) in [5, 5.41) is 20.7. The third kappa shape index (κ3) is 4.53. The van der Waals surface area contributed by atoms with Crippen LogP contribution in [0, 0.1) is 6.92 Å². The fourth-order valence-electron chi connectivity index (χ4n) is 3.82. The number of carbonyl (C=O) groups excluding carboxylic acids is 1. The topological polar surface area (TPSA) is 141 Å². The molecule has 0 fully saturated rings. The van der Waals surface area contributed by atoms with Crippen LogP contribution >= 0.6 is 0 Å². The summed E-state index contributed by atoms with van der Waals surface area (Å²) in [4.78, 5) is 21.9. The number of ether oxygens (including phenoxy) is 2. The van der Waals surface area contributed by atoms with E-state index in [1.54, 1.807) is 30.2 Å². The minimum absolute atomic E-state index is 0.176. The second-order valence-corrected chi connectivity index (χ2v) is 8.11. The monoisotopic (exact) mass is 490 g/mol. The van der Waals surface area contributed by atoms with Gasteiger partial charge in [0.25, 0.3) is 5.91 Å². The summed E-state index contributed by atoms with van der Waals surface area (Å²) in [6.45, 7) is -0.296. The van der Waals surface area contributed by atoms with Crippen LogP contribution in [0.1, 0.15) is 31.4 Å². The molecule has 0 saturated heterocycles. The van der Waals surface area contributed by atoms with Crippen molar-refractivity contribution < 1.29 is 18.4 Å². The van der Waals surface area contributed by atoms with Gasteiger partial charge < -0.3 is 25.4 Å². The van der Waals surface area contributed by atoms with Gasteiger partial charge in [0.15, 0.2) is 23.1 Å². The Morgan fingerprint density at radius 3 is 2.83 bits per heavy atom. The first-order chi connectivity index (χ1) is 18.6. The van der Waals surface area contributed by atoms with Gasteiger partial charge in [0.1, 0.15) is 12.1 Å². The van der Waals surface area contributed by atoms with Gasteiger partial charge in [0.2, 0.25) is 0 Å². The molecule has 6 bridgehead atoms. The van der Waals surface area contributed by atoms with Crippen LogP contribution in [0.4, 0.5) is 23.0 Å². The van der Waals surface area contributed by atoms with Crippen molar-refractivity contribution in [3.05, 3.63) is 59.2 Å². The van der Waals surface area contributed by atoms with Crippen LogP contribution < -0.4 is 20.7 Å². The molecule has 1 aromatic carbocycles. The third-order valence-corrected chi connectivity index (χ3v) is 5.55. The van der Waals surface area contributed by atoms with Crippen LogP contribution in [-0.2, 0) is 25.0 Å². The number of rotatable bonds is 3. The number of pyridine rings is 1. The number of anilines is 4. The second-order valence-electron chi connectivity index (χ2n) is 8.11. The number of nitrogens with one attached hydrogen (secondary N) is 3. The van der Waals surface area contributed by atoms with Crippen molar-refractivity contribution in [2.75, 3.05) is 24.7 Å². The van der Waals surface area contributed by atoms with Gasteiger partial charge in [-0.2, -0.15) is 5.10 Å². The third-order valence-electron chi connectivity index (χ3n) is 5.55. The fraction of sp³-hybridized carbons (Fsp3) is 0.250. The van der Waals surface area contributed by atoms with Crippen molar-refractivity contribution in [3.8, 4) is 17.1 Å². The van der Waals surface area contributed by atoms with E-state index >= 15 is 0 Å². The minimum Gasteiger partial charge on any atom is -0.494 e. The maximum atomic E-state index is 12.9. The lowest BCUT2D eigenvalue weighted by molar-refractivity contribution is 0.0958. The number of hydrogen-bond acceptors (Lipinski definition) is 10. The highest BCUT2D eigenvalue weighted by molar-refractivity contribution is 5.99. The Morgan fingerprint density at radius 2 is 2.06 bits per heavy atom. The lowest BCUT2D eigenvalue weighted by Gasteiger charge is -2.19. The normalized spacial score (nSPS) is 14.2. The van der Waals surface area contributed by atoms with Gasteiger partial charge in [-0.15, -0.1) is 10.2 Å². The van der Waals surface area contributed by atoms with Crippen molar-refractivity contribution in [1.82, 2.24) is 35.3 Å². The Labute approximate surface area is 211 Å². The Morgan fingerprint density at radius 1 is 1.17 bits per heavy atom. The first kappa shape index (κ1) is 19.7. The second kappa shape index (κ2) is 9.58. The van der Waals surface area contributed by atoms with Crippen LogP contribution in [0.5, 0.6) is 5.75 Å². The van der Waals surface area contributed by atoms with E-state index in [2.05, 4.69) is 35.9 Å². The lowest BCUT2D eigenvalue weighted by Crippen LogP contribution is -2.21. The molecular formula is C24H25N9O3. The first-order valence-corrected chi connectivity index (χ1v) is 10.9. The van der Waals surface area contributed by atoms with Crippen molar-refractivity contribution >= 4 is 28.9 Å². The van der Waals surface area contributed by atoms with E-state index in [-0.39, 0.29) is 30.4 Å². The molecule has 36 heavy (non-hydrogen) atoms. The smallest absolute Gasteiger partial charge is 0.273 e. The zero-order valence-electron chi connectivity index (χ0n) is 22.8. The van der Waals surface area contributed by atoms with E-state index in [9.17, 15) is 4.79 Å². The van der Waals surface area contributed by atoms with Gasteiger partial charge in [-0.3, -0.25) is 9.48 Å². The van der Waals surface area contributed by atoms with Crippen LogP contribution in [-0.4, -0.2) is 49.9 Å². The molecule has 0 aliphatic carbocycles. The predicted molar refractivity (Wildman–Crippen MR) is 132 cm³/mol. The van der Waals surface area contributed by atoms with Crippen LogP contribution in [0.25, 0.3) is 11.4 Å². The van der Waals surface area contributed by atoms with Crippen LogP contribution in [0.3, 0.4) is 0 Å². The SMILES string of the molecule is [2H]C([2H])([2H])NC(=O)c1nnc2cc1Nc1cc(cc(-c3ncn(C)n3)c1OC)COCc1nc(ccc1C)N2. The number of hydrogen-bond donors (Lipinski definition) is 3. The molecule has 184 valence electrons. The zero-order chi connectivity index (χ0) is 27.7. The molecule has 3 N–H and O–H groups in total.